The Bertz CT molecular complexity index is 1040. The van der Waals surface area contributed by atoms with E-state index >= 15 is 0 Å². The molecule has 5 aliphatic rings. The van der Waals surface area contributed by atoms with E-state index in [-0.39, 0.29) is 89.1 Å². The van der Waals surface area contributed by atoms with Crippen molar-refractivity contribution in [2.75, 3.05) is 6.61 Å². The van der Waals surface area contributed by atoms with Gasteiger partial charge in [-0.25, -0.2) is 0 Å². The second kappa shape index (κ2) is 11.2. The summed E-state index contributed by atoms with van der Waals surface area (Å²) in [5, 5.41) is 11.6. The molecule has 0 radical (unpaired) electrons. The molecule has 0 spiro atoms. The van der Waals surface area contributed by atoms with Gasteiger partial charge in [0, 0.05) is 16.7 Å². The zero-order chi connectivity index (χ0) is 25.4. The number of aliphatic hydroxyl groups is 1. The Kier molecular flexibility index (Phi) is 9.82. The second-order valence-electron chi connectivity index (χ2n) is 11.3. The zero-order valence-corrected chi connectivity index (χ0v) is 27.2. The minimum absolute atomic E-state index is 0. The molecule has 1 saturated heterocycles. The van der Waals surface area contributed by atoms with Gasteiger partial charge in [-0.1, -0.05) is 38.8 Å². The Morgan fingerprint density at radius 2 is 2.00 bits per heavy atom. The van der Waals surface area contributed by atoms with Gasteiger partial charge >= 0.3 is 59.1 Å². The number of ether oxygens (including phenoxy) is 2. The normalized spacial score (nSPS) is 43.9. The first-order valence-electron chi connectivity index (χ1n) is 12.5. The van der Waals surface area contributed by atoms with Crippen LogP contribution in [0, 0.1) is 28.6 Å². The van der Waals surface area contributed by atoms with Crippen LogP contribution in [-0.4, -0.2) is 47.4 Å². The van der Waals surface area contributed by atoms with Crippen molar-refractivity contribution in [3.05, 3.63) is 23.8 Å². The minimum atomic E-state index is -5.36. The second-order valence-corrected chi connectivity index (χ2v) is 12.4. The Morgan fingerprint density at radius 3 is 2.65 bits per heavy atom. The molecular formula is C25H33Na2O9P. The number of phosphoric ester groups is 1. The fourth-order valence-corrected chi connectivity index (χ4v) is 8.53. The Labute approximate surface area is 262 Å². The van der Waals surface area contributed by atoms with Crippen LogP contribution in [0.5, 0.6) is 0 Å². The van der Waals surface area contributed by atoms with Gasteiger partial charge in [-0.3, -0.25) is 9.59 Å². The van der Waals surface area contributed by atoms with Gasteiger partial charge in [-0.15, -0.1) is 0 Å². The van der Waals surface area contributed by atoms with Gasteiger partial charge in [0.05, 0.1) is 20.0 Å². The molecule has 12 heteroatoms. The third kappa shape index (κ3) is 5.07. The SMILES string of the molecule is CCCC1O[C@@H]2C[C@H]3[C@@H]4CCC5=CC(=O)C=C[C@]5(C)[C@H]4[C@@H](O)C[C@]3(C)[C@]2(C(=O)COP(=O)([O-])[O-])O1.[Na+].[Na+]. The summed E-state index contributed by atoms with van der Waals surface area (Å²) in [7, 11) is -5.36. The Hall–Kier alpha value is 0.810. The maximum atomic E-state index is 13.6. The van der Waals surface area contributed by atoms with Crippen LogP contribution in [0.1, 0.15) is 59.3 Å². The van der Waals surface area contributed by atoms with Gasteiger partial charge in [0.2, 0.25) is 0 Å². The van der Waals surface area contributed by atoms with E-state index in [9.17, 15) is 29.0 Å². The molecular weight excluding hydrogens is 521 g/mol. The number of hydrogen-bond acceptors (Lipinski definition) is 9. The predicted octanol–water partition coefficient (Wildman–Crippen LogP) is -4.42. The summed E-state index contributed by atoms with van der Waals surface area (Å²) in [6.45, 7) is 5.05. The van der Waals surface area contributed by atoms with Crippen molar-refractivity contribution in [1.29, 1.82) is 0 Å². The maximum absolute atomic E-state index is 13.6. The number of aliphatic hydroxyl groups excluding tert-OH is 1. The molecule has 0 aromatic rings. The van der Waals surface area contributed by atoms with Gasteiger partial charge in [0.15, 0.2) is 23.5 Å². The Morgan fingerprint density at radius 1 is 1.30 bits per heavy atom. The van der Waals surface area contributed by atoms with Crippen molar-refractivity contribution in [3.63, 3.8) is 0 Å². The topological polar surface area (TPSA) is 145 Å². The van der Waals surface area contributed by atoms with Gasteiger partial charge in [-0.05, 0) is 56.1 Å². The molecule has 194 valence electrons. The van der Waals surface area contributed by atoms with Gasteiger partial charge in [0.1, 0.15) is 6.61 Å². The first kappa shape index (κ1) is 32.3. The largest absolute Gasteiger partial charge is 1.00 e. The van der Waals surface area contributed by atoms with E-state index in [1.165, 1.54) is 0 Å². The standard InChI is InChI=1S/C25H35O9P.2Na/c1-4-5-21-33-20-11-17-16-7-6-14-10-15(26)8-9-23(14,2)22(16)18(27)12-24(17,3)25(20,34-21)19(28)13-32-35(29,30)31;;/h8-10,16-18,20-22,27H,4-7,11-13H2,1-3H3,(H2,29,30,31);;/q;2*+1/p-2/t16-,17-,18-,20+,21?,22+,23-,24-,25+;;/m0../s1. The average Bonchev–Trinajstić information content (AvgIpc) is 3.24. The maximum Gasteiger partial charge on any atom is 1.00 e. The average molecular weight is 554 g/mol. The summed E-state index contributed by atoms with van der Waals surface area (Å²) < 4.78 is 28.1. The molecule has 4 aliphatic carbocycles. The van der Waals surface area contributed by atoms with Crippen LogP contribution in [0.3, 0.4) is 0 Å². The number of carbonyl (C=O) groups is 2. The number of Topliss-reactive ketones (excluding diaryl/α,β-unsaturated/α-hetero) is 1. The summed E-state index contributed by atoms with van der Waals surface area (Å²) in [5.74, 6) is -0.801. The van der Waals surface area contributed by atoms with Gasteiger partial charge < -0.3 is 33.5 Å². The van der Waals surface area contributed by atoms with Crippen LogP contribution in [0.2, 0.25) is 0 Å². The number of ketones is 2. The van der Waals surface area contributed by atoms with E-state index in [0.29, 0.717) is 12.8 Å². The van der Waals surface area contributed by atoms with E-state index in [2.05, 4.69) is 11.4 Å². The fourth-order valence-electron chi connectivity index (χ4n) is 8.25. The number of hydrogen-bond donors (Lipinski definition) is 1. The zero-order valence-electron chi connectivity index (χ0n) is 22.3. The van der Waals surface area contributed by atoms with E-state index in [4.69, 9.17) is 9.47 Å². The fraction of sp³-hybridized carbons (Fsp3) is 0.760. The monoisotopic (exact) mass is 554 g/mol. The molecule has 0 aromatic heterocycles. The first-order valence-corrected chi connectivity index (χ1v) is 14.0. The smallest absolute Gasteiger partial charge is 0.790 e. The molecule has 3 saturated carbocycles. The van der Waals surface area contributed by atoms with Crippen LogP contribution in [0.15, 0.2) is 23.8 Å². The summed E-state index contributed by atoms with van der Waals surface area (Å²) in [4.78, 5) is 48.0. The van der Waals surface area contributed by atoms with Crippen molar-refractivity contribution >= 4 is 19.4 Å². The molecule has 9 atom stereocenters. The number of allylic oxidation sites excluding steroid dienone is 4. The van der Waals surface area contributed by atoms with Crippen LogP contribution in [-0.2, 0) is 28.2 Å². The van der Waals surface area contributed by atoms with Crippen LogP contribution >= 0.6 is 7.82 Å². The summed E-state index contributed by atoms with van der Waals surface area (Å²) in [5.41, 5.74) is -1.78. The van der Waals surface area contributed by atoms with Crippen LogP contribution in [0.25, 0.3) is 0 Å². The Balaban J connectivity index is 0.00000190. The molecule has 1 unspecified atom stereocenters. The summed E-state index contributed by atoms with van der Waals surface area (Å²) in [6, 6.07) is 0. The van der Waals surface area contributed by atoms with Crippen LogP contribution < -0.4 is 68.9 Å². The third-order valence-electron chi connectivity index (χ3n) is 9.58. The molecule has 9 nitrogen and oxygen atoms in total. The molecule has 37 heavy (non-hydrogen) atoms. The summed E-state index contributed by atoms with van der Waals surface area (Å²) in [6.07, 6.45) is 6.73. The third-order valence-corrected chi connectivity index (χ3v) is 10.0. The first-order chi connectivity index (χ1) is 16.4. The molecule has 0 aromatic carbocycles. The van der Waals surface area contributed by atoms with Crippen molar-refractivity contribution in [2.24, 2.45) is 28.6 Å². The van der Waals surface area contributed by atoms with Crippen molar-refractivity contribution < 1.29 is 102 Å². The van der Waals surface area contributed by atoms with Gasteiger partial charge in [-0.2, -0.15) is 0 Å². The molecule has 0 bridgehead atoms. The number of fused-ring (bicyclic) bond motifs is 7. The number of phosphoric acid groups is 1. The predicted molar refractivity (Wildman–Crippen MR) is 119 cm³/mol. The molecule has 1 N–H and O–H groups in total. The quantitative estimate of drug-likeness (QED) is 0.254. The van der Waals surface area contributed by atoms with Gasteiger partial charge in [0.25, 0.3) is 0 Å². The number of rotatable bonds is 6. The van der Waals surface area contributed by atoms with E-state index < -0.39 is 55.1 Å². The van der Waals surface area contributed by atoms with Crippen molar-refractivity contribution in [1.82, 2.24) is 0 Å². The van der Waals surface area contributed by atoms with E-state index in [1.54, 1.807) is 12.2 Å². The molecule has 1 heterocycles. The van der Waals surface area contributed by atoms with E-state index in [1.807, 2.05) is 19.9 Å². The minimum Gasteiger partial charge on any atom is -0.790 e. The molecule has 1 aliphatic heterocycles. The van der Waals surface area contributed by atoms with Crippen LogP contribution in [0.4, 0.5) is 0 Å². The summed E-state index contributed by atoms with van der Waals surface area (Å²) >= 11 is 0. The molecule has 0 amide bonds. The molecule has 5 rings (SSSR count). The number of carbonyl (C=O) groups excluding carboxylic acids is 2. The molecule has 4 fully saturated rings. The van der Waals surface area contributed by atoms with E-state index in [0.717, 1.165) is 24.8 Å². The van der Waals surface area contributed by atoms with Crippen molar-refractivity contribution in [2.45, 2.75) is 83.4 Å². The van der Waals surface area contributed by atoms with Crippen molar-refractivity contribution in [3.8, 4) is 0 Å².